The van der Waals surface area contributed by atoms with Gasteiger partial charge in [-0.15, -0.1) is 10.2 Å². The molecule has 0 bridgehead atoms. The molecular weight excluding hydrogens is 304 g/mol. The Bertz CT molecular complexity index is 866. The fraction of sp³-hybridized carbons (Fsp3) is 0.294. The van der Waals surface area contributed by atoms with Crippen molar-refractivity contribution in [1.82, 2.24) is 29.6 Å². The van der Waals surface area contributed by atoms with Crippen LogP contribution in [0, 0.1) is 6.92 Å². The highest BCUT2D eigenvalue weighted by Crippen LogP contribution is 2.16. The minimum atomic E-state index is -0.115. The van der Waals surface area contributed by atoms with E-state index in [1.807, 2.05) is 37.3 Å². The molecule has 3 heterocycles. The van der Waals surface area contributed by atoms with Crippen molar-refractivity contribution in [3.63, 3.8) is 0 Å². The third-order valence-electron chi connectivity index (χ3n) is 4.37. The summed E-state index contributed by atoms with van der Waals surface area (Å²) in [5.74, 6) is 1.76. The highest BCUT2D eigenvalue weighted by molar-refractivity contribution is 5.93. The highest BCUT2D eigenvalue weighted by atomic mass is 16.2. The minimum absolute atomic E-state index is 0.0684. The monoisotopic (exact) mass is 322 g/mol. The van der Waals surface area contributed by atoms with Crippen molar-refractivity contribution in [3.05, 3.63) is 60.2 Å². The molecule has 0 fully saturated rings. The van der Waals surface area contributed by atoms with Crippen LogP contribution in [0.25, 0.3) is 5.69 Å². The van der Waals surface area contributed by atoms with Crippen LogP contribution in [0.15, 0.2) is 42.9 Å². The molecule has 1 atom stereocenters. The summed E-state index contributed by atoms with van der Waals surface area (Å²) in [6.45, 7) is 2.64. The number of nitrogens with one attached hydrogen (secondary N) is 1. The average Bonchev–Trinajstić information content (AvgIpc) is 3.23. The Labute approximate surface area is 139 Å². The predicted molar refractivity (Wildman–Crippen MR) is 87.9 cm³/mol. The molecule has 0 saturated carbocycles. The van der Waals surface area contributed by atoms with Gasteiger partial charge in [0.25, 0.3) is 5.91 Å². The number of nitrogens with zero attached hydrogens (tertiary/aromatic N) is 5. The van der Waals surface area contributed by atoms with Gasteiger partial charge in [-0.2, -0.15) is 0 Å². The van der Waals surface area contributed by atoms with Crippen molar-refractivity contribution < 1.29 is 4.79 Å². The minimum Gasteiger partial charge on any atom is -0.346 e. The molecule has 0 spiro atoms. The molecule has 3 aromatic rings. The van der Waals surface area contributed by atoms with Crippen LogP contribution in [0.4, 0.5) is 0 Å². The third kappa shape index (κ3) is 2.58. The van der Waals surface area contributed by atoms with Crippen molar-refractivity contribution in [3.8, 4) is 5.69 Å². The maximum Gasteiger partial charge on any atom is 0.270 e. The standard InChI is InChI=1S/C17H18N6O/c1-12-20-21-16-8-7-13(10-22(12)16)19-17(24)15-9-18-11-23(15)14-5-3-2-4-6-14/h2-6,9,11,13H,7-8,10H2,1H3,(H,19,24)/t13-/m0/s1. The summed E-state index contributed by atoms with van der Waals surface area (Å²) in [7, 11) is 0. The lowest BCUT2D eigenvalue weighted by atomic mass is 10.1. The number of carbonyl (C=O) groups is 1. The molecule has 0 aliphatic carbocycles. The van der Waals surface area contributed by atoms with Crippen molar-refractivity contribution in [2.45, 2.75) is 32.4 Å². The van der Waals surface area contributed by atoms with Crippen LogP contribution >= 0.6 is 0 Å². The van der Waals surface area contributed by atoms with E-state index >= 15 is 0 Å². The fourth-order valence-electron chi connectivity index (χ4n) is 3.10. The number of carbonyl (C=O) groups excluding carboxylic acids is 1. The average molecular weight is 322 g/mol. The molecule has 1 amide bonds. The van der Waals surface area contributed by atoms with Crippen LogP contribution in [-0.2, 0) is 13.0 Å². The van der Waals surface area contributed by atoms with Crippen molar-refractivity contribution in [2.24, 2.45) is 0 Å². The lowest BCUT2D eigenvalue weighted by Crippen LogP contribution is -2.41. The number of rotatable bonds is 3. The van der Waals surface area contributed by atoms with Gasteiger partial charge in [0.15, 0.2) is 0 Å². The number of fused-ring (bicyclic) bond motifs is 1. The molecule has 122 valence electrons. The Kier molecular flexibility index (Phi) is 3.60. The van der Waals surface area contributed by atoms with Gasteiger partial charge in [-0.3, -0.25) is 9.36 Å². The molecule has 24 heavy (non-hydrogen) atoms. The molecule has 0 radical (unpaired) electrons. The Morgan fingerprint density at radius 2 is 2.08 bits per heavy atom. The lowest BCUT2D eigenvalue weighted by molar-refractivity contribution is 0.0920. The number of para-hydroxylation sites is 1. The maximum absolute atomic E-state index is 12.7. The van der Waals surface area contributed by atoms with Crippen LogP contribution in [0.2, 0.25) is 0 Å². The summed E-state index contributed by atoms with van der Waals surface area (Å²) in [6, 6.07) is 9.79. The van der Waals surface area contributed by atoms with E-state index in [-0.39, 0.29) is 11.9 Å². The summed E-state index contributed by atoms with van der Waals surface area (Å²) < 4.78 is 3.87. The van der Waals surface area contributed by atoms with E-state index in [2.05, 4.69) is 25.1 Å². The zero-order valence-corrected chi connectivity index (χ0v) is 13.4. The largest absolute Gasteiger partial charge is 0.346 e. The van der Waals surface area contributed by atoms with Crippen LogP contribution < -0.4 is 5.32 Å². The summed E-state index contributed by atoms with van der Waals surface area (Å²) in [4.78, 5) is 16.8. The third-order valence-corrected chi connectivity index (χ3v) is 4.37. The van der Waals surface area contributed by atoms with Crippen LogP contribution in [0.3, 0.4) is 0 Å². The van der Waals surface area contributed by atoms with Crippen molar-refractivity contribution in [2.75, 3.05) is 0 Å². The molecule has 1 aromatic carbocycles. The number of hydrogen-bond acceptors (Lipinski definition) is 4. The zero-order valence-electron chi connectivity index (χ0n) is 13.4. The zero-order chi connectivity index (χ0) is 16.5. The van der Waals surface area contributed by atoms with Gasteiger partial charge in [0, 0.05) is 24.7 Å². The molecule has 1 aliphatic heterocycles. The first-order valence-corrected chi connectivity index (χ1v) is 7.99. The first-order valence-electron chi connectivity index (χ1n) is 7.99. The van der Waals surface area contributed by atoms with E-state index in [9.17, 15) is 4.79 Å². The molecule has 2 aromatic heterocycles. The van der Waals surface area contributed by atoms with Crippen LogP contribution in [-0.4, -0.2) is 36.3 Å². The van der Waals surface area contributed by atoms with Gasteiger partial charge < -0.3 is 9.88 Å². The summed E-state index contributed by atoms with van der Waals surface area (Å²) in [5, 5.41) is 11.4. The van der Waals surface area contributed by atoms with Gasteiger partial charge in [0.2, 0.25) is 0 Å². The number of imidazole rings is 1. The van der Waals surface area contributed by atoms with Gasteiger partial charge in [0.1, 0.15) is 17.3 Å². The van der Waals surface area contributed by atoms with E-state index in [0.717, 1.165) is 30.2 Å². The molecule has 0 unspecified atom stereocenters. The van der Waals surface area contributed by atoms with Gasteiger partial charge in [-0.1, -0.05) is 18.2 Å². The number of benzene rings is 1. The predicted octanol–water partition coefficient (Wildman–Crippen LogP) is 1.52. The first kappa shape index (κ1) is 14.6. The van der Waals surface area contributed by atoms with Crippen molar-refractivity contribution in [1.29, 1.82) is 0 Å². The quantitative estimate of drug-likeness (QED) is 0.793. The lowest BCUT2D eigenvalue weighted by Gasteiger charge is -2.25. The van der Waals surface area contributed by atoms with Gasteiger partial charge in [-0.05, 0) is 25.5 Å². The number of aromatic nitrogens is 5. The maximum atomic E-state index is 12.7. The molecule has 7 nitrogen and oxygen atoms in total. The smallest absolute Gasteiger partial charge is 0.270 e. The second kappa shape index (κ2) is 5.92. The number of amides is 1. The summed E-state index contributed by atoms with van der Waals surface area (Å²) in [5.41, 5.74) is 1.45. The Morgan fingerprint density at radius 3 is 2.92 bits per heavy atom. The Hall–Kier alpha value is -2.96. The second-order valence-electron chi connectivity index (χ2n) is 5.97. The normalized spacial score (nSPS) is 16.6. The van der Waals surface area contributed by atoms with Crippen molar-refractivity contribution >= 4 is 5.91 Å². The number of aryl methyl sites for hydroxylation is 2. The van der Waals surface area contributed by atoms with E-state index in [1.54, 1.807) is 17.1 Å². The Morgan fingerprint density at radius 1 is 1.25 bits per heavy atom. The molecular formula is C17H18N6O. The second-order valence-corrected chi connectivity index (χ2v) is 5.97. The van der Waals surface area contributed by atoms with E-state index < -0.39 is 0 Å². The molecule has 1 aliphatic rings. The first-order chi connectivity index (χ1) is 11.7. The Balaban J connectivity index is 1.52. The molecule has 1 N–H and O–H groups in total. The van der Waals surface area contributed by atoms with Crippen LogP contribution in [0.1, 0.15) is 28.6 Å². The summed E-state index contributed by atoms with van der Waals surface area (Å²) >= 11 is 0. The van der Waals surface area contributed by atoms with Gasteiger partial charge in [-0.25, -0.2) is 4.98 Å². The SMILES string of the molecule is Cc1nnc2n1C[C@@H](NC(=O)c1cncn1-c1ccccc1)CC2. The molecule has 7 heteroatoms. The van der Waals surface area contributed by atoms with Gasteiger partial charge >= 0.3 is 0 Å². The molecule has 0 saturated heterocycles. The van der Waals surface area contributed by atoms with E-state index in [4.69, 9.17) is 0 Å². The van der Waals surface area contributed by atoms with Gasteiger partial charge in [0.05, 0.1) is 12.5 Å². The topological polar surface area (TPSA) is 77.6 Å². The van der Waals surface area contributed by atoms with Crippen LogP contribution in [0.5, 0.6) is 0 Å². The van der Waals surface area contributed by atoms with E-state index in [0.29, 0.717) is 12.2 Å². The highest BCUT2D eigenvalue weighted by Gasteiger charge is 2.24. The summed E-state index contributed by atoms with van der Waals surface area (Å²) in [6.07, 6.45) is 4.95. The fourth-order valence-corrected chi connectivity index (χ4v) is 3.10. The molecule has 4 rings (SSSR count). The number of hydrogen-bond donors (Lipinski definition) is 1. The van der Waals surface area contributed by atoms with E-state index in [1.165, 1.54) is 0 Å².